The van der Waals surface area contributed by atoms with E-state index >= 15 is 0 Å². The van der Waals surface area contributed by atoms with E-state index in [1.165, 1.54) is 0 Å². The summed E-state index contributed by atoms with van der Waals surface area (Å²) in [5.74, 6) is 0. The molecule has 0 radical (unpaired) electrons. The molecule has 0 aromatic carbocycles. The minimum atomic E-state index is -4.02. The third kappa shape index (κ3) is 8.57. The molecule has 5 heteroatoms. The summed E-state index contributed by atoms with van der Waals surface area (Å²) in [5.41, 5.74) is 0. The monoisotopic (exact) mass is 266 g/mol. The van der Waals surface area contributed by atoms with Gasteiger partial charge in [-0.2, -0.15) is 8.42 Å². The minimum absolute atomic E-state index is 0.152. The summed E-state index contributed by atoms with van der Waals surface area (Å²) >= 11 is 0. The number of hydrogen-bond acceptors (Lipinski definition) is 3. The molecule has 17 heavy (non-hydrogen) atoms. The summed E-state index contributed by atoms with van der Waals surface area (Å²) in [6.45, 7) is 3.98. The van der Waals surface area contributed by atoms with Crippen LogP contribution in [0.5, 0.6) is 0 Å². The van der Waals surface area contributed by atoms with Gasteiger partial charge in [-0.15, -0.1) is 0 Å². The Bertz CT molecular complexity index is 274. The highest BCUT2D eigenvalue weighted by molar-refractivity contribution is 7.86. The van der Waals surface area contributed by atoms with Crippen molar-refractivity contribution in [2.45, 2.75) is 76.6 Å². The molecule has 0 aliphatic heterocycles. The fourth-order valence-electron chi connectivity index (χ4n) is 1.94. The van der Waals surface area contributed by atoms with Crippen LogP contribution in [0.1, 0.15) is 65.2 Å². The second-order valence-electron chi connectivity index (χ2n) is 4.66. The molecule has 0 aliphatic rings. The van der Waals surface area contributed by atoms with Crippen molar-refractivity contribution in [2.24, 2.45) is 0 Å². The lowest BCUT2D eigenvalue weighted by molar-refractivity contribution is 0.147. The number of rotatable bonds is 10. The maximum Gasteiger partial charge on any atom is 0.267 e. The van der Waals surface area contributed by atoms with E-state index in [1.54, 1.807) is 0 Å². The van der Waals surface area contributed by atoms with Gasteiger partial charge in [0.15, 0.2) is 0 Å². The first kappa shape index (κ1) is 16.9. The van der Waals surface area contributed by atoms with Crippen LogP contribution in [0.25, 0.3) is 0 Å². The van der Waals surface area contributed by atoms with E-state index < -0.39 is 21.5 Å². The molecule has 4 nitrogen and oxygen atoms in total. The van der Waals surface area contributed by atoms with Crippen molar-refractivity contribution >= 4 is 10.1 Å². The number of aliphatic hydroxyl groups is 1. The first-order valence-corrected chi connectivity index (χ1v) is 8.06. The van der Waals surface area contributed by atoms with Gasteiger partial charge in [-0.25, -0.2) is 0 Å². The molecular weight excluding hydrogens is 240 g/mol. The van der Waals surface area contributed by atoms with Crippen LogP contribution in [-0.4, -0.2) is 29.4 Å². The quantitative estimate of drug-likeness (QED) is 0.471. The predicted octanol–water partition coefficient (Wildman–Crippen LogP) is 2.76. The van der Waals surface area contributed by atoms with Gasteiger partial charge in [-0.05, 0) is 19.3 Å². The van der Waals surface area contributed by atoms with Crippen LogP contribution in [0.3, 0.4) is 0 Å². The molecule has 2 atom stereocenters. The second-order valence-corrected chi connectivity index (χ2v) is 6.36. The Morgan fingerprint density at radius 2 is 1.65 bits per heavy atom. The Morgan fingerprint density at radius 1 is 1.00 bits per heavy atom. The molecule has 0 aromatic heterocycles. The van der Waals surface area contributed by atoms with Gasteiger partial charge >= 0.3 is 0 Å². The zero-order chi connectivity index (χ0) is 13.3. The third-order valence-electron chi connectivity index (χ3n) is 2.96. The first-order chi connectivity index (χ1) is 7.91. The minimum Gasteiger partial charge on any atom is -0.393 e. The zero-order valence-corrected chi connectivity index (χ0v) is 11.7. The molecule has 0 amide bonds. The maximum absolute atomic E-state index is 11.1. The van der Waals surface area contributed by atoms with Crippen molar-refractivity contribution in [3.8, 4) is 0 Å². The summed E-state index contributed by atoms with van der Waals surface area (Å²) in [4.78, 5) is 0. The predicted molar refractivity (Wildman–Crippen MR) is 69.6 cm³/mol. The van der Waals surface area contributed by atoms with Crippen LogP contribution in [0.2, 0.25) is 0 Å². The summed E-state index contributed by atoms with van der Waals surface area (Å²) < 4.78 is 31.2. The van der Waals surface area contributed by atoms with Crippen LogP contribution < -0.4 is 0 Å². The van der Waals surface area contributed by atoms with Gasteiger partial charge in [0.2, 0.25) is 0 Å². The normalized spacial score (nSPS) is 15.8. The molecule has 2 N–H and O–H groups in total. The van der Waals surface area contributed by atoms with Crippen LogP contribution in [-0.2, 0) is 10.1 Å². The maximum atomic E-state index is 11.1. The Labute approximate surface area is 105 Å². The molecule has 0 fully saturated rings. The molecule has 0 heterocycles. The third-order valence-corrected chi connectivity index (χ3v) is 4.23. The van der Waals surface area contributed by atoms with E-state index in [-0.39, 0.29) is 6.42 Å². The van der Waals surface area contributed by atoms with Gasteiger partial charge in [0.25, 0.3) is 10.1 Å². The van der Waals surface area contributed by atoms with E-state index in [9.17, 15) is 13.5 Å². The lowest BCUT2D eigenvalue weighted by atomic mass is 10.0. The van der Waals surface area contributed by atoms with Crippen LogP contribution in [0.15, 0.2) is 0 Å². The molecule has 104 valence electrons. The lowest BCUT2D eigenvalue weighted by Crippen LogP contribution is -2.26. The smallest absolute Gasteiger partial charge is 0.267 e. The second kappa shape index (κ2) is 8.89. The van der Waals surface area contributed by atoms with E-state index in [0.717, 1.165) is 25.7 Å². The molecule has 0 saturated heterocycles. The Morgan fingerprint density at radius 3 is 2.12 bits per heavy atom. The molecule has 2 unspecified atom stereocenters. The molecule has 0 bridgehead atoms. The van der Waals surface area contributed by atoms with Crippen molar-refractivity contribution < 1.29 is 18.1 Å². The average molecular weight is 266 g/mol. The highest BCUT2D eigenvalue weighted by atomic mass is 32.2. The van der Waals surface area contributed by atoms with Gasteiger partial charge in [-0.3, -0.25) is 4.55 Å². The molecule has 0 spiro atoms. The number of aliphatic hydroxyl groups excluding tert-OH is 1. The summed E-state index contributed by atoms with van der Waals surface area (Å²) in [7, 11) is -4.02. The fourth-order valence-corrected chi connectivity index (χ4v) is 2.94. The first-order valence-electron chi connectivity index (χ1n) is 6.56. The molecule has 0 rings (SSSR count). The molecule has 0 saturated carbocycles. The van der Waals surface area contributed by atoms with Crippen LogP contribution in [0, 0.1) is 0 Å². The molecule has 0 aliphatic carbocycles. The summed E-state index contributed by atoms with van der Waals surface area (Å²) in [6.07, 6.45) is 5.51. The van der Waals surface area contributed by atoms with E-state index in [2.05, 4.69) is 6.92 Å². The van der Waals surface area contributed by atoms with E-state index in [0.29, 0.717) is 19.3 Å². The Hall–Kier alpha value is -0.130. The van der Waals surface area contributed by atoms with Crippen molar-refractivity contribution in [1.82, 2.24) is 0 Å². The van der Waals surface area contributed by atoms with Gasteiger partial charge in [0.1, 0.15) is 0 Å². The Balaban J connectivity index is 4.00. The summed E-state index contributed by atoms with van der Waals surface area (Å²) in [6, 6.07) is 0. The van der Waals surface area contributed by atoms with Gasteiger partial charge in [0.05, 0.1) is 11.4 Å². The molecule has 0 aromatic rings. The van der Waals surface area contributed by atoms with Gasteiger partial charge in [0, 0.05) is 0 Å². The molecular formula is C12H26O4S. The Kier molecular flexibility index (Phi) is 8.82. The highest BCUT2D eigenvalue weighted by Gasteiger charge is 2.24. The average Bonchev–Trinajstić information content (AvgIpc) is 2.22. The zero-order valence-electron chi connectivity index (χ0n) is 10.9. The van der Waals surface area contributed by atoms with Crippen molar-refractivity contribution in [1.29, 1.82) is 0 Å². The van der Waals surface area contributed by atoms with Crippen molar-refractivity contribution in [3.05, 3.63) is 0 Å². The standard InChI is InChI=1S/C12H26O4S/c1-3-5-6-7-9-11(13)10-12(8-4-2)17(14,15)16/h11-13H,3-10H2,1-2H3,(H,14,15,16). The van der Waals surface area contributed by atoms with Crippen LogP contribution >= 0.6 is 0 Å². The highest BCUT2D eigenvalue weighted by Crippen LogP contribution is 2.17. The van der Waals surface area contributed by atoms with Gasteiger partial charge < -0.3 is 5.11 Å². The largest absolute Gasteiger partial charge is 0.393 e. The van der Waals surface area contributed by atoms with Crippen molar-refractivity contribution in [3.63, 3.8) is 0 Å². The van der Waals surface area contributed by atoms with Gasteiger partial charge in [-0.1, -0.05) is 46.0 Å². The van der Waals surface area contributed by atoms with E-state index in [1.807, 2.05) is 6.92 Å². The SMILES string of the molecule is CCCCCCC(O)CC(CCC)S(=O)(=O)O. The topological polar surface area (TPSA) is 74.6 Å². The van der Waals surface area contributed by atoms with E-state index in [4.69, 9.17) is 4.55 Å². The van der Waals surface area contributed by atoms with Crippen molar-refractivity contribution in [2.75, 3.05) is 0 Å². The van der Waals surface area contributed by atoms with Crippen LogP contribution in [0.4, 0.5) is 0 Å². The lowest BCUT2D eigenvalue weighted by Gasteiger charge is -2.17. The summed E-state index contributed by atoms with van der Waals surface area (Å²) in [5, 5.41) is 8.92. The number of hydrogen-bond donors (Lipinski definition) is 2. The number of unbranched alkanes of at least 4 members (excludes halogenated alkanes) is 3. The fraction of sp³-hybridized carbons (Fsp3) is 1.00.